The van der Waals surface area contributed by atoms with Crippen LogP contribution in [0.25, 0.3) is 0 Å². The third-order valence-corrected chi connectivity index (χ3v) is 3.09. The van der Waals surface area contributed by atoms with Gasteiger partial charge in [0.1, 0.15) is 0 Å². The lowest BCUT2D eigenvalue weighted by molar-refractivity contribution is 0.146. The molecule has 0 spiro atoms. The highest BCUT2D eigenvalue weighted by molar-refractivity contribution is 4.72. The van der Waals surface area contributed by atoms with E-state index in [1.165, 1.54) is 32.1 Å². The Morgan fingerprint density at radius 1 is 1.31 bits per heavy atom. The van der Waals surface area contributed by atoms with E-state index < -0.39 is 0 Å². The van der Waals surface area contributed by atoms with Gasteiger partial charge in [0.05, 0.1) is 6.10 Å². The van der Waals surface area contributed by atoms with E-state index in [9.17, 15) is 5.11 Å². The molecule has 1 heteroatoms. The Balaban J connectivity index is 1.99. The molecule has 1 saturated carbocycles. The van der Waals surface area contributed by atoms with Gasteiger partial charge in [0.2, 0.25) is 0 Å². The monoisotopic (exact) mass is 182 g/mol. The van der Waals surface area contributed by atoms with E-state index in [1.807, 2.05) is 6.08 Å². The summed E-state index contributed by atoms with van der Waals surface area (Å²) in [6.45, 7) is 3.66. The average Bonchev–Trinajstić information content (AvgIpc) is 2.64. The van der Waals surface area contributed by atoms with Gasteiger partial charge in [-0.2, -0.15) is 0 Å². The maximum Gasteiger partial charge on any atom is 0.0543 e. The van der Waals surface area contributed by atoms with Crippen molar-refractivity contribution in [1.29, 1.82) is 0 Å². The van der Waals surface area contributed by atoms with Crippen molar-refractivity contribution in [2.45, 2.75) is 57.5 Å². The molecule has 1 nitrogen and oxygen atoms in total. The second-order valence-corrected chi connectivity index (χ2v) is 4.25. The van der Waals surface area contributed by atoms with E-state index in [1.54, 1.807) is 0 Å². The number of rotatable bonds is 6. The third-order valence-electron chi connectivity index (χ3n) is 3.09. The van der Waals surface area contributed by atoms with Gasteiger partial charge in [0.15, 0.2) is 0 Å². The molecule has 0 aliphatic heterocycles. The topological polar surface area (TPSA) is 20.2 Å². The van der Waals surface area contributed by atoms with Crippen molar-refractivity contribution in [1.82, 2.24) is 0 Å². The first-order chi connectivity index (χ1) is 6.33. The summed E-state index contributed by atoms with van der Waals surface area (Å²) in [5.74, 6) is 0.915. The smallest absolute Gasteiger partial charge is 0.0543 e. The van der Waals surface area contributed by atoms with Crippen LogP contribution in [-0.4, -0.2) is 11.2 Å². The Kier molecular flexibility index (Phi) is 5.14. The number of allylic oxidation sites excluding steroid dienone is 1. The highest BCUT2D eigenvalue weighted by Gasteiger charge is 2.15. The fraction of sp³-hybridized carbons (Fsp3) is 0.833. The molecule has 1 fully saturated rings. The Bertz CT molecular complexity index is 136. The zero-order valence-electron chi connectivity index (χ0n) is 8.54. The molecule has 1 unspecified atom stereocenters. The Morgan fingerprint density at radius 2 is 2.00 bits per heavy atom. The summed E-state index contributed by atoms with van der Waals surface area (Å²) in [4.78, 5) is 0. The molecule has 76 valence electrons. The molecule has 0 aromatic rings. The van der Waals surface area contributed by atoms with Crippen LogP contribution in [0.5, 0.6) is 0 Å². The van der Waals surface area contributed by atoms with E-state index in [4.69, 9.17) is 0 Å². The van der Waals surface area contributed by atoms with Crippen LogP contribution in [0.1, 0.15) is 51.4 Å². The lowest BCUT2D eigenvalue weighted by Crippen LogP contribution is -2.08. The quantitative estimate of drug-likeness (QED) is 0.625. The molecular weight excluding hydrogens is 160 g/mol. The van der Waals surface area contributed by atoms with Crippen LogP contribution in [0.2, 0.25) is 0 Å². The van der Waals surface area contributed by atoms with E-state index in [2.05, 4.69) is 6.58 Å². The van der Waals surface area contributed by atoms with Crippen LogP contribution in [-0.2, 0) is 0 Å². The number of hydrogen-bond acceptors (Lipinski definition) is 1. The van der Waals surface area contributed by atoms with Gasteiger partial charge < -0.3 is 5.11 Å². The first kappa shape index (κ1) is 10.8. The summed E-state index contributed by atoms with van der Waals surface area (Å²) in [5, 5.41) is 9.59. The van der Waals surface area contributed by atoms with Crippen molar-refractivity contribution in [2.75, 3.05) is 0 Å². The van der Waals surface area contributed by atoms with Crippen LogP contribution in [0.15, 0.2) is 12.7 Å². The van der Waals surface area contributed by atoms with Gasteiger partial charge in [-0.15, -0.1) is 6.58 Å². The molecule has 0 amide bonds. The van der Waals surface area contributed by atoms with E-state index >= 15 is 0 Å². The molecule has 13 heavy (non-hydrogen) atoms. The van der Waals surface area contributed by atoms with Crippen molar-refractivity contribution in [3.05, 3.63) is 12.7 Å². The molecule has 1 N–H and O–H groups in total. The highest BCUT2D eigenvalue weighted by Crippen LogP contribution is 2.29. The van der Waals surface area contributed by atoms with E-state index in [0.29, 0.717) is 0 Å². The van der Waals surface area contributed by atoms with Crippen LogP contribution < -0.4 is 0 Å². The lowest BCUT2D eigenvalue weighted by atomic mass is 9.98. The molecule has 1 atom stereocenters. The van der Waals surface area contributed by atoms with Crippen LogP contribution in [0.3, 0.4) is 0 Å². The minimum Gasteiger partial charge on any atom is -0.393 e. The zero-order valence-corrected chi connectivity index (χ0v) is 8.54. The predicted octanol–water partition coefficient (Wildman–Crippen LogP) is 3.28. The Morgan fingerprint density at radius 3 is 2.62 bits per heavy atom. The highest BCUT2D eigenvalue weighted by atomic mass is 16.3. The molecule has 0 saturated heterocycles. The molecule has 0 radical (unpaired) electrons. The zero-order chi connectivity index (χ0) is 9.52. The summed E-state index contributed by atoms with van der Waals surface area (Å²) in [6.07, 6.45) is 11.5. The van der Waals surface area contributed by atoms with Crippen LogP contribution in [0, 0.1) is 5.92 Å². The SMILES string of the molecule is C=CCCC(O)CCC1CCCC1. The van der Waals surface area contributed by atoms with Gasteiger partial charge in [0, 0.05) is 0 Å². The minimum atomic E-state index is -0.0846. The van der Waals surface area contributed by atoms with Crippen molar-refractivity contribution < 1.29 is 5.11 Å². The van der Waals surface area contributed by atoms with Crippen molar-refractivity contribution in [3.63, 3.8) is 0 Å². The fourth-order valence-corrected chi connectivity index (χ4v) is 2.18. The Labute approximate surface area is 81.9 Å². The summed E-state index contributed by atoms with van der Waals surface area (Å²) < 4.78 is 0. The number of aliphatic hydroxyl groups excluding tert-OH is 1. The Hall–Kier alpha value is -0.300. The molecule has 1 rings (SSSR count). The largest absolute Gasteiger partial charge is 0.393 e. The molecular formula is C12H22O. The van der Waals surface area contributed by atoms with Crippen LogP contribution in [0.4, 0.5) is 0 Å². The first-order valence-corrected chi connectivity index (χ1v) is 5.62. The molecule has 0 aromatic heterocycles. The van der Waals surface area contributed by atoms with Crippen molar-refractivity contribution in [3.8, 4) is 0 Å². The van der Waals surface area contributed by atoms with E-state index in [-0.39, 0.29) is 6.10 Å². The summed E-state index contributed by atoms with van der Waals surface area (Å²) in [7, 11) is 0. The van der Waals surface area contributed by atoms with Crippen molar-refractivity contribution in [2.24, 2.45) is 5.92 Å². The molecule has 1 aliphatic carbocycles. The fourth-order valence-electron chi connectivity index (χ4n) is 2.18. The predicted molar refractivity (Wildman–Crippen MR) is 56.6 cm³/mol. The molecule has 0 heterocycles. The number of aliphatic hydroxyl groups is 1. The molecule has 0 aromatic carbocycles. The lowest BCUT2D eigenvalue weighted by Gasteiger charge is -2.12. The van der Waals surface area contributed by atoms with Crippen LogP contribution >= 0.6 is 0 Å². The molecule has 1 aliphatic rings. The standard InChI is InChI=1S/C12H22O/c1-2-3-8-12(13)10-9-11-6-4-5-7-11/h2,11-13H,1,3-10H2. The average molecular weight is 182 g/mol. The second kappa shape index (κ2) is 6.20. The minimum absolute atomic E-state index is 0.0846. The van der Waals surface area contributed by atoms with Gasteiger partial charge >= 0.3 is 0 Å². The number of hydrogen-bond donors (Lipinski definition) is 1. The first-order valence-electron chi connectivity index (χ1n) is 5.62. The molecule has 0 bridgehead atoms. The van der Waals surface area contributed by atoms with Gasteiger partial charge in [-0.05, 0) is 31.6 Å². The van der Waals surface area contributed by atoms with Gasteiger partial charge in [-0.1, -0.05) is 31.8 Å². The third kappa shape index (κ3) is 4.47. The van der Waals surface area contributed by atoms with Gasteiger partial charge in [0.25, 0.3) is 0 Å². The summed E-state index contributed by atoms with van der Waals surface area (Å²) in [6, 6.07) is 0. The summed E-state index contributed by atoms with van der Waals surface area (Å²) in [5.41, 5.74) is 0. The maximum absolute atomic E-state index is 9.59. The van der Waals surface area contributed by atoms with E-state index in [0.717, 1.165) is 25.2 Å². The van der Waals surface area contributed by atoms with Crippen molar-refractivity contribution >= 4 is 0 Å². The summed E-state index contributed by atoms with van der Waals surface area (Å²) >= 11 is 0. The maximum atomic E-state index is 9.59. The normalized spacial score (nSPS) is 20.4. The second-order valence-electron chi connectivity index (χ2n) is 4.25. The van der Waals surface area contributed by atoms with Gasteiger partial charge in [-0.25, -0.2) is 0 Å². The van der Waals surface area contributed by atoms with Gasteiger partial charge in [-0.3, -0.25) is 0 Å².